The molecule has 0 spiro atoms. The molecule has 0 amide bonds. The molecule has 0 bridgehead atoms. The molecule has 0 aromatic heterocycles. The summed E-state index contributed by atoms with van der Waals surface area (Å²) in [6.07, 6.45) is 0. The molecular weight excluding hydrogens is 333 g/mol. The lowest BCUT2D eigenvalue weighted by Gasteiger charge is -2.30. The third-order valence-corrected chi connectivity index (χ3v) is 3.61. The molecule has 0 aliphatic rings. The van der Waals surface area contributed by atoms with Crippen molar-refractivity contribution in [3.05, 3.63) is 33.8 Å². The van der Waals surface area contributed by atoms with E-state index in [0.717, 1.165) is 0 Å². The molecule has 0 saturated carbocycles. The fraction of sp³-hybridized carbons (Fsp3) is 0.533. The Morgan fingerprint density at radius 1 is 1.19 bits per heavy atom. The topological polar surface area (TPSA) is 29.5 Å². The molecule has 1 aromatic carbocycles. The number of hydrogen-bond donors (Lipinski definition) is 0. The average molecular weight is 355 g/mol. The van der Waals surface area contributed by atoms with Gasteiger partial charge in [-0.2, -0.15) is 0 Å². The van der Waals surface area contributed by atoms with E-state index in [1.54, 1.807) is 12.1 Å². The summed E-state index contributed by atoms with van der Waals surface area (Å²) in [4.78, 5) is 14.2. The van der Waals surface area contributed by atoms with E-state index < -0.39 is 5.97 Å². The van der Waals surface area contributed by atoms with Gasteiger partial charge >= 0.3 is 5.97 Å². The van der Waals surface area contributed by atoms with Gasteiger partial charge < -0.3 is 4.74 Å². The van der Waals surface area contributed by atoms with E-state index in [2.05, 4.69) is 32.6 Å². The number of ether oxygens (including phenoxy) is 1. The smallest absolute Gasteiger partial charge is 0.339 e. The molecule has 1 rings (SSSR count). The number of carbonyl (C=O) groups is 1. The molecule has 0 aliphatic carbocycles. The number of benzene rings is 1. The van der Waals surface area contributed by atoms with Gasteiger partial charge in [0.25, 0.3) is 0 Å². The highest BCUT2D eigenvalue weighted by Gasteiger charge is 2.16. The summed E-state index contributed by atoms with van der Waals surface area (Å²) >= 11 is 11.8. The second kappa shape index (κ2) is 9.52. The second-order valence-corrected chi connectivity index (χ2v) is 6.03. The van der Waals surface area contributed by atoms with Crippen LogP contribution >= 0.6 is 35.6 Å². The van der Waals surface area contributed by atoms with Gasteiger partial charge in [-0.3, -0.25) is 4.90 Å². The summed E-state index contributed by atoms with van der Waals surface area (Å²) in [7, 11) is 0. The minimum absolute atomic E-state index is 0. The maximum absolute atomic E-state index is 11.9. The van der Waals surface area contributed by atoms with Crippen LogP contribution in [0.5, 0.6) is 0 Å². The first kappa shape index (κ1) is 20.5. The van der Waals surface area contributed by atoms with Crippen LogP contribution < -0.4 is 0 Å². The van der Waals surface area contributed by atoms with Crippen molar-refractivity contribution in [3.8, 4) is 0 Å². The Bertz CT molecular complexity index is 456. The molecule has 0 atom stereocenters. The van der Waals surface area contributed by atoms with Crippen molar-refractivity contribution in [2.75, 3.05) is 13.2 Å². The Hall–Kier alpha value is -0.480. The molecule has 0 heterocycles. The fourth-order valence-corrected chi connectivity index (χ4v) is 2.57. The molecular formula is C15H22Cl3NO2. The maximum atomic E-state index is 11.9. The Morgan fingerprint density at radius 3 is 2.24 bits per heavy atom. The molecule has 0 radical (unpaired) electrons. The minimum Gasteiger partial charge on any atom is -0.461 e. The Kier molecular flexibility index (Phi) is 9.30. The van der Waals surface area contributed by atoms with Gasteiger partial charge in [0.1, 0.15) is 6.61 Å². The second-order valence-electron chi connectivity index (χ2n) is 5.19. The largest absolute Gasteiger partial charge is 0.461 e. The van der Waals surface area contributed by atoms with Crippen molar-refractivity contribution < 1.29 is 9.53 Å². The summed E-state index contributed by atoms with van der Waals surface area (Å²) < 4.78 is 5.27. The first-order valence-electron chi connectivity index (χ1n) is 6.70. The number of nitrogens with zero attached hydrogens (tertiary/aromatic N) is 1. The van der Waals surface area contributed by atoms with Crippen LogP contribution in [0, 0.1) is 0 Å². The van der Waals surface area contributed by atoms with Gasteiger partial charge in [0, 0.05) is 23.7 Å². The SMILES string of the molecule is CC(C)N(CCOC(=O)c1ccc(Cl)cc1Cl)C(C)C.Cl. The highest BCUT2D eigenvalue weighted by Crippen LogP contribution is 2.21. The van der Waals surface area contributed by atoms with Crippen LogP contribution in [0.4, 0.5) is 0 Å². The highest BCUT2D eigenvalue weighted by atomic mass is 35.5. The van der Waals surface area contributed by atoms with Gasteiger partial charge in [-0.05, 0) is 45.9 Å². The molecule has 21 heavy (non-hydrogen) atoms. The van der Waals surface area contributed by atoms with Crippen LogP contribution in [0.2, 0.25) is 10.0 Å². The maximum Gasteiger partial charge on any atom is 0.339 e. The molecule has 0 unspecified atom stereocenters. The van der Waals surface area contributed by atoms with Crippen molar-refractivity contribution in [1.82, 2.24) is 4.90 Å². The number of carbonyl (C=O) groups excluding carboxylic acids is 1. The van der Waals surface area contributed by atoms with Crippen LogP contribution in [0.1, 0.15) is 38.1 Å². The van der Waals surface area contributed by atoms with Crippen LogP contribution in [-0.4, -0.2) is 36.1 Å². The van der Waals surface area contributed by atoms with Crippen molar-refractivity contribution in [3.63, 3.8) is 0 Å². The first-order chi connectivity index (χ1) is 9.32. The lowest BCUT2D eigenvalue weighted by molar-refractivity contribution is 0.0417. The van der Waals surface area contributed by atoms with E-state index in [9.17, 15) is 4.79 Å². The monoisotopic (exact) mass is 353 g/mol. The molecule has 3 nitrogen and oxygen atoms in total. The third kappa shape index (κ3) is 6.43. The van der Waals surface area contributed by atoms with Crippen molar-refractivity contribution in [1.29, 1.82) is 0 Å². The van der Waals surface area contributed by atoms with Gasteiger partial charge in [-0.25, -0.2) is 4.79 Å². The molecule has 0 saturated heterocycles. The standard InChI is InChI=1S/C15H21Cl2NO2.ClH/c1-10(2)18(11(3)4)7-8-20-15(19)13-6-5-12(16)9-14(13)17;/h5-6,9-11H,7-8H2,1-4H3;1H. The highest BCUT2D eigenvalue weighted by molar-refractivity contribution is 6.36. The molecule has 6 heteroatoms. The van der Waals surface area contributed by atoms with Crippen LogP contribution in [0.25, 0.3) is 0 Å². The number of hydrogen-bond acceptors (Lipinski definition) is 3. The van der Waals surface area contributed by atoms with Gasteiger partial charge in [0.2, 0.25) is 0 Å². The summed E-state index contributed by atoms with van der Waals surface area (Å²) in [6, 6.07) is 5.56. The number of halogens is 3. The summed E-state index contributed by atoms with van der Waals surface area (Å²) in [5, 5.41) is 0.810. The normalized spacial score (nSPS) is 10.9. The Morgan fingerprint density at radius 2 is 1.76 bits per heavy atom. The van der Waals surface area contributed by atoms with Crippen molar-refractivity contribution >= 4 is 41.6 Å². The predicted molar refractivity (Wildman–Crippen MR) is 91.0 cm³/mol. The lowest BCUT2D eigenvalue weighted by atomic mass is 10.2. The summed E-state index contributed by atoms with van der Waals surface area (Å²) in [5.74, 6) is -0.417. The van der Waals surface area contributed by atoms with E-state index in [0.29, 0.717) is 40.8 Å². The zero-order chi connectivity index (χ0) is 15.3. The van der Waals surface area contributed by atoms with Gasteiger partial charge in [-0.1, -0.05) is 23.2 Å². The van der Waals surface area contributed by atoms with Gasteiger partial charge in [-0.15, -0.1) is 12.4 Å². The van der Waals surface area contributed by atoms with Crippen LogP contribution in [0.3, 0.4) is 0 Å². The number of rotatable bonds is 6. The quantitative estimate of drug-likeness (QED) is 0.694. The predicted octanol–water partition coefficient (Wildman–Crippen LogP) is 4.69. The molecule has 120 valence electrons. The van der Waals surface area contributed by atoms with Crippen LogP contribution in [0.15, 0.2) is 18.2 Å². The summed E-state index contributed by atoms with van der Waals surface area (Å²) in [5.41, 5.74) is 0.344. The van der Waals surface area contributed by atoms with Crippen molar-refractivity contribution in [2.24, 2.45) is 0 Å². The molecule has 0 fully saturated rings. The molecule has 0 N–H and O–H groups in total. The van der Waals surface area contributed by atoms with E-state index in [1.165, 1.54) is 6.07 Å². The van der Waals surface area contributed by atoms with Crippen LogP contribution in [-0.2, 0) is 4.74 Å². The van der Waals surface area contributed by atoms with Gasteiger partial charge in [0.15, 0.2) is 0 Å². The Labute approximate surface area is 143 Å². The van der Waals surface area contributed by atoms with E-state index in [-0.39, 0.29) is 12.4 Å². The Balaban J connectivity index is 0.00000400. The molecule has 1 aromatic rings. The van der Waals surface area contributed by atoms with E-state index in [1.807, 2.05) is 0 Å². The van der Waals surface area contributed by atoms with E-state index >= 15 is 0 Å². The van der Waals surface area contributed by atoms with Gasteiger partial charge in [0.05, 0.1) is 10.6 Å². The fourth-order valence-electron chi connectivity index (χ4n) is 2.09. The molecule has 0 aliphatic heterocycles. The lowest BCUT2D eigenvalue weighted by Crippen LogP contribution is -2.39. The third-order valence-electron chi connectivity index (χ3n) is 3.06. The minimum atomic E-state index is -0.417. The number of esters is 1. The average Bonchev–Trinajstić information content (AvgIpc) is 2.33. The first-order valence-corrected chi connectivity index (χ1v) is 7.46. The zero-order valence-electron chi connectivity index (χ0n) is 12.7. The van der Waals surface area contributed by atoms with Crippen molar-refractivity contribution in [2.45, 2.75) is 39.8 Å². The summed E-state index contributed by atoms with van der Waals surface area (Å²) in [6.45, 7) is 9.53. The van der Waals surface area contributed by atoms with E-state index in [4.69, 9.17) is 27.9 Å². The zero-order valence-corrected chi connectivity index (χ0v) is 15.1.